The summed E-state index contributed by atoms with van der Waals surface area (Å²) in [5, 5.41) is 4.19. The predicted octanol–water partition coefficient (Wildman–Crippen LogP) is 6.00. The number of halogens is 1. The third kappa shape index (κ3) is 5.68. The van der Waals surface area contributed by atoms with Crippen LogP contribution >= 0.6 is 28.1 Å². The zero-order chi connectivity index (χ0) is 17.5. The standard InChI is InChI=1S/C21H23BrN2S/c22-19-11-13-20(14-12-19)23-21(25)24(15-17-7-3-1-4-8-17)16-18-9-5-2-6-10-18/h1-5,7-8,11-14,18H,6,9-10,15-16H2,(H,23,25). The Hall–Kier alpha value is -1.65. The van der Waals surface area contributed by atoms with Gasteiger partial charge in [-0.05, 0) is 67.2 Å². The number of allylic oxidation sites excluding steroid dienone is 2. The summed E-state index contributed by atoms with van der Waals surface area (Å²) < 4.78 is 1.07. The first kappa shape index (κ1) is 18.2. The van der Waals surface area contributed by atoms with Crippen molar-refractivity contribution in [3.05, 3.63) is 76.8 Å². The van der Waals surface area contributed by atoms with Gasteiger partial charge in [-0.15, -0.1) is 0 Å². The molecule has 0 aromatic heterocycles. The average Bonchev–Trinajstić information content (AvgIpc) is 2.65. The van der Waals surface area contributed by atoms with Gasteiger partial charge in [0.05, 0.1) is 0 Å². The van der Waals surface area contributed by atoms with Crippen molar-refractivity contribution in [1.29, 1.82) is 0 Å². The topological polar surface area (TPSA) is 15.3 Å². The molecular formula is C21H23BrN2S. The molecule has 3 rings (SSSR count). The summed E-state index contributed by atoms with van der Waals surface area (Å²) in [4.78, 5) is 2.30. The number of hydrogen-bond acceptors (Lipinski definition) is 1. The van der Waals surface area contributed by atoms with Crippen molar-refractivity contribution < 1.29 is 0 Å². The molecule has 0 saturated heterocycles. The molecule has 0 fully saturated rings. The molecule has 0 aliphatic heterocycles. The first-order valence-electron chi connectivity index (χ1n) is 8.71. The van der Waals surface area contributed by atoms with Crippen molar-refractivity contribution in [2.45, 2.75) is 25.8 Å². The van der Waals surface area contributed by atoms with E-state index < -0.39 is 0 Å². The largest absolute Gasteiger partial charge is 0.344 e. The predicted molar refractivity (Wildman–Crippen MR) is 114 cm³/mol. The van der Waals surface area contributed by atoms with Crippen molar-refractivity contribution >= 4 is 38.9 Å². The maximum Gasteiger partial charge on any atom is 0.173 e. The van der Waals surface area contributed by atoms with Crippen LogP contribution in [0.25, 0.3) is 0 Å². The zero-order valence-corrected chi connectivity index (χ0v) is 16.6. The molecule has 1 N–H and O–H groups in total. The third-order valence-electron chi connectivity index (χ3n) is 4.46. The monoisotopic (exact) mass is 414 g/mol. The highest BCUT2D eigenvalue weighted by Crippen LogP contribution is 2.21. The Kier molecular flexibility index (Phi) is 6.65. The molecule has 1 atom stereocenters. The molecule has 0 amide bonds. The number of benzene rings is 2. The van der Waals surface area contributed by atoms with E-state index in [0.29, 0.717) is 5.92 Å². The molecule has 0 saturated carbocycles. The summed E-state index contributed by atoms with van der Waals surface area (Å²) in [6.45, 7) is 1.82. The smallest absolute Gasteiger partial charge is 0.173 e. The molecule has 2 nitrogen and oxygen atoms in total. The minimum atomic E-state index is 0.665. The summed E-state index contributed by atoms with van der Waals surface area (Å²) in [6, 6.07) is 18.7. The van der Waals surface area contributed by atoms with Crippen molar-refractivity contribution in [2.75, 3.05) is 11.9 Å². The van der Waals surface area contributed by atoms with Gasteiger partial charge < -0.3 is 10.2 Å². The molecule has 0 radical (unpaired) electrons. The van der Waals surface area contributed by atoms with E-state index in [1.165, 1.54) is 18.4 Å². The third-order valence-corrected chi connectivity index (χ3v) is 5.34. The highest BCUT2D eigenvalue weighted by molar-refractivity contribution is 9.10. The van der Waals surface area contributed by atoms with E-state index in [0.717, 1.165) is 34.8 Å². The molecular weight excluding hydrogens is 392 g/mol. The van der Waals surface area contributed by atoms with Crippen molar-refractivity contribution in [3.8, 4) is 0 Å². The van der Waals surface area contributed by atoms with Crippen molar-refractivity contribution in [3.63, 3.8) is 0 Å². The summed E-state index contributed by atoms with van der Waals surface area (Å²) in [5.41, 5.74) is 2.31. The van der Waals surface area contributed by atoms with E-state index in [4.69, 9.17) is 12.2 Å². The lowest BCUT2D eigenvalue weighted by Crippen LogP contribution is -2.38. The number of rotatable bonds is 5. The van der Waals surface area contributed by atoms with Crippen molar-refractivity contribution in [1.82, 2.24) is 4.90 Å². The van der Waals surface area contributed by atoms with Crippen LogP contribution in [0.3, 0.4) is 0 Å². The Morgan fingerprint density at radius 3 is 2.52 bits per heavy atom. The van der Waals surface area contributed by atoms with Gasteiger partial charge in [0.2, 0.25) is 0 Å². The van der Waals surface area contributed by atoms with Crippen LogP contribution in [0.5, 0.6) is 0 Å². The van der Waals surface area contributed by atoms with Gasteiger partial charge in [-0.25, -0.2) is 0 Å². The highest BCUT2D eigenvalue weighted by atomic mass is 79.9. The molecule has 0 heterocycles. The molecule has 4 heteroatoms. The molecule has 2 aromatic carbocycles. The molecule has 1 aliphatic rings. The first-order chi connectivity index (χ1) is 12.2. The lowest BCUT2D eigenvalue weighted by molar-refractivity contribution is 0.319. The van der Waals surface area contributed by atoms with Crippen LogP contribution in [0.2, 0.25) is 0 Å². The van der Waals surface area contributed by atoms with Crippen LogP contribution < -0.4 is 5.32 Å². The molecule has 1 unspecified atom stereocenters. The van der Waals surface area contributed by atoms with Crippen LogP contribution in [0, 0.1) is 5.92 Å². The molecule has 0 bridgehead atoms. The SMILES string of the molecule is S=C(Nc1ccc(Br)cc1)N(Cc1ccccc1)CC1CC=CCC1. The molecule has 0 spiro atoms. The Balaban J connectivity index is 1.70. The quantitative estimate of drug-likeness (QED) is 0.476. The second-order valence-corrected chi connectivity index (χ2v) is 7.76. The maximum atomic E-state index is 5.74. The second kappa shape index (κ2) is 9.16. The summed E-state index contributed by atoms with van der Waals surface area (Å²) in [6.07, 6.45) is 8.15. The van der Waals surface area contributed by atoms with Gasteiger partial charge in [0.15, 0.2) is 5.11 Å². The van der Waals surface area contributed by atoms with E-state index in [-0.39, 0.29) is 0 Å². The molecule has 130 valence electrons. The fourth-order valence-corrected chi connectivity index (χ4v) is 3.61. The van der Waals surface area contributed by atoms with E-state index in [2.05, 4.69) is 68.6 Å². The Bertz CT molecular complexity index is 712. The van der Waals surface area contributed by atoms with Gasteiger partial charge in [0.25, 0.3) is 0 Å². The fraction of sp³-hybridized carbons (Fsp3) is 0.286. The summed E-state index contributed by atoms with van der Waals surface area (Å²) in [7, 11) is 0. The van der Waals surface area contributed by atoms with Gasteiger partial charge in [-0.1, -0.05) is 58.4 Å². The average molecular weight is 415 g/mol. The van der Waals surface area contributed by atoms with E-state index in [9.17, 15) is 0 Å². The molecule has 1 aliphatic carbocycles. The number of hydrogen-bond donors (Lipinski definition) is 1. The minimum Gasteiger partial charge on any atom is -0.344 e. The number of nitrogens with one attached hydrogen (secondary N) is 1. The van der Waals surface area contributed by atoms with E-state index in [1.54, 1.807) is 0 Å². The zero-order valence-electron chi connectivity index (χ0n) is 14.2. The molecule has 25 heavy (non-hydrogen) atoms. The van der Waals surface area contributed by atoms with Gasteiger partial charge >= 0.3 is 0 Å². The Morgan fingerprint density at radius 2 is 1.84 bits per heavy atom. The molecule has 2 aromatic rings. The van der Waals surface area contributed by atoms with Crippen LogP contribution in [0.15, 0.2) is 71.2 Å². The van der Waals surface area contributed by atoms with Crippen molar-refractivity contribution in [2.24, 2.45) is 5.92 Å². The number of nitrogens with zero attached hydrogens (tertiary/aromatic N) is 1. The first-order valence-corrected chi connectivity index (χ1v) is 9.91. The van der Waals surface area contributed by atoms with Gasteiger partial charge in [0, 0.05) is 23.2 Å². The lowest BCUT2D eigenvalue weighted by atomic mass is 9.94. The lowest BCUT2D eigenvalue weighted by Gasteiger charge is -2.30. The number of anilines is 1. The second-order valence-electron chi connectivity index (χ2n) is 6.45. The number of thiocarbonyl (C=S) groups is 1. The van der Waals surface area contributed by atoms with E-state index in [1.807, 2.05) is 24.3 Å². The fourth-order valence-electron chi connectivity index (χ4n) is 3.09. The van der Waals surface area contributed by atoms with Crippen LogP contribution in [-0.2, 0) is 6.54 Å². The van der Waals surface area contributed by atoms with Crippen LogP contribution in [0.1, 0.15) is 24.8 Å². The van der Waals surface area contributed by atoms with Crippen LogP contribution in [0.4, 0.5) is 5.69 Å². The minimum absolute atomic E-state index is 0.665. The summed E-state index contributed by atoms with van der Waals surface area (Å²) >= 11 is 9.22. The van der Waals surface area contributed by atoms with Gasteiger partial charge in [-0.2, -0.15) is 0 Å². The van der Waals surface area contributed by atoms with E-state index >= 15 is 0 Å². The highest BCUT2D eigenvalue weighted by Gasteiger charge is 2.18. The van der Waals surface area contributed by atoms with Gasteiger partial charge in [-0.3, -0.25) is 0 Å². The van der Waals surface area contributed by atoms with Crippen LogP contribution in [-0.4, -0.2) is 16.6 Å². The van der Waals surface area contributed by atoms with Gasteiger partial charge in [0.1, 0.15) is 0 Å². The Morgan fingerprint density at radius 1 is 1.08 bits per heavy atom. The maximum absolute atomic E-state index is 5.74. The normalized spacial score (nSPS) is 16.4. The Labute approximate surface area is 164 Å². The summed E-state index contributed by atoms with van der Waals surface area (Å²) in [5.74, 6) is 0.665.